The second-order valence-electron chi connectivity index (χ2n) is 3.12. The normalized spacial score (nSPS) is 9.50. The number of carbonyl (C=O) groups excluding carboxylic acids is 2. The van der Waals surface area contributed by atoms with Gasteiger partial charge in [-0.15, -0.1) is 0 Å². The van der Waals surface area contributed by atoms with Gasteiger partial charge in [-0.25, -0.2) is 4.79 Å². The first kappa shape index (κ1) is 14.2. The Hall–Kier alpha value is -1.79. The Balaban J connectivity index is 3.31. The van der Waals surface area contributed by atoms with Crippen LogP contribution >= 0.6 is 0 Å². The van der Waals surface area contributed by atoms with Crippen molar-refractivity contribution in [2.75, 3.05) is 13.2 Å². The minimum Gasteiger partial charge on any atom is -0.481 e. The van der Waals surface area contributed by atoms with Gasteiger partial charge in [-0.3, -0.25) is 9.59 Å². The second kappa shape index (κ2) is 8.51. The summed E-state index contributed by atoms with van der Waals surface area (Å²) >= 11 is 0. The van der Waals surface area contributed by atoms with Crippen LogP contribution in [0.15, 0.2) is 0 Å². The summed E-state index contributed by atoms with van der Waals surface area (Å²) in [5.74, 6) is -1.06. The van der Waals surface area contributed by atoms with Crippen LogP contribution in [0.4, 0.5) is 4.79 Å². The predicted molar refractivity (Wildman–Crippen MR) is 54.6 cm³/mol. The largest absolute Gasteiger partial charge is 0.481 e. The number of carboxylic acids is 1. The number of aliphatic carboxylic acids is 1. The van der Waals surface area contributed by atoms with Crippen molar-refractivity contribution in [2.24, 2.45) is 5.73 Å². The molecule has 0 aliphatic rings. The molecule has 0 atom stereocenters. The number of nitrogens with one attached hydrogen (secondary N) is 1. The van der Waals surface area contributed by atoms with E-state index in [0.717, 1.165) is 0 Å². The van der Waals surface area contributed by atoms with Crippen molar-refractivity contribution in [1.29, 1.82) is 0 Å². The van der Waals surface area contributed by atoms with Gasteiger partial charge in [0.2, 0.25) is 5.91 Å². The lowest BCUT2D eigenvalue weighted by atomic mass is 10.2. The third kappa shape index (κ3) is 10.3. The molecule has 2 amide bonds. The zero-order valence-corrected chi connectivity index (χ0v) is 8.90. The summed E-state index contributed by atoms with van der Waals surface area (Å²) in [5, 5.41) is 10.9. The molecular weight excluding hydrogens is 216 g/mol. The van der Waals surface area contributed by atoms with Crippen LogP contribution in [0.1, 0.15) is 25.7 Å². The number of unbranched alkanes of at least 4 members (excludes halogenated alkanes) is 1. The third-order valence-electron chi connectivity index (χ3n) is 1.71. The van der Waals surface area contributed by atoms with Crippen LogP contribution in [-0.2, 0) is 14.3 Å². The predicted octanol–water partition coefficient (Wildman–Crippen LogP) is -0.157. The third-order valence-corrected chi connectivity index (χ3v) is 1.71. The quantitative estimate of drug-likeness (QED) is 0.502. The van der Waals surface area contributed by atoms with Gasteiger partial charge in [-0.1, -0.05) is 0 Å². The number of carbonyl (C=O) groups is 3. The van der Waals surface area contributed by atoms with E-state index >= 15 is 0 Å². The molecule has 92 valence electrons. The monoisotopic (exact) mass is 232 g/mol. The zero-order valence-electron chi connectivity index (χ0n) is 8.90. The Morgan fingerprint density at radius 1 is 1.19 bits per heavy atom. The van der Waals surface area contributed by atoms with Crippen molar-refractivity contribution in [3.05, 3.63) is 0 Å². The maximum atomic E-state index is 11.1. The summed E-state index contributed by atoms with van der Waals surface area (Å²) in [6, 6.07) is 0. The summed E-state index contributed by atoms with van der Waals surface area (Å²) in [6.45, 7) is 0.247. The SMILES string of the molecule is NC(=O)OCCNC(=O)CCCCC(=O)O. The van der Waals surface area contributed by atoms with Crippen LogP contribution in [0.3, 0.4) is 0 Å². The van der Waals surface area contributed by atoms with Gasteiger partial charge in [0.25, 0.3) is 0 Å². The van der Waals surface area contributed by atoms with Gasteiger partial charge < -0.3 is 20.9 Å². The molecule has 0 aromatic rings. The maximum absolute atomic E-state index is 11.1. The number of ether oxygens (including phenoxy) is 1. The smallest absolute Gasteiger partial charge is 0.404 e. The van der Waals surface area contributed by atoms with Crippen molar-refractivity contribution < 1.29 is 24.2 Å². The van der Waals surface area contributed by atoms with Gasteiger partial charge in [0.05, 0.1) is 6.54 Å². The van der Waals surface area contributed by atoms with E-state index in [1.807, 2.05) is 0 Å². The van der Waals surface area contributed by atoms with E-state index in [4.69, 9.17) is 10.8 Å². The molecule has 7 nitrogen and oxygen atoms in total. The summed E-state index contributed by atoms with van der Waals surface area (Å²) in [7, 11) is 0. The van der Waals surface area contributed by atoms with Crippen molar-refractivity contribution in [3.63, 3.8) is 0 Å². The van der Waals surface area contributed by atoms with Crippen LogP contribution in [-0.4, -0.2) is 36.2 Å². The molecule has 0 saturated carbocycles. The molecule has 0 spiro atoms. The topological polar surface area (TPSA) is 119 Å². The molecule has 0 aliphatic heterocycles. The molecule has 0 unspecified atom stereocenters. The number of rotatable bonds is 8. The first-order chi connectivity index (χ1) is 7.52. The molecule has 4 N–H and O–H groups in total. The lowest BCUT2D eigenvalue weighted by molar-refractivity contribution is -0.137. The Morgan fingerprint density at radius 2 is 1.81 bits per heavy atom. The second-order valence-corrected chi connectivity index (χ2v) is 3.12. The Labute approximate surface area is 92.9 Å². The standard InChI is InChI=1S/C9H16N2O5/c10-9(15)16-6-5-11-7(12)3-1-2-4-8(13)14/h1-6H2,(H2,10,15)(H,11,12)(H,13,14). The van der Waals surface area contributed by atoms with Crippen LogP contribution in [0, 0.1) is 0 Å². The van der Waals surface area contributed by atoms with E-state index in [1.165, 1.54) is 0 Å². The average molecular weight is 232 g/mol. The van der Waals surface area contributed by atoms with Gasteiger partial charge in [0.15, 0.2) is 0 Å². The van der Waals surface area contributed by atoms with Crippen LogP contribution in [0.2, 0.25) is 0 Å². The fraction of sp³-hybridized carbons (Fsp3) is 0.667. The van der Waals surface area contributed by atoms with Crippen molar-refractivity contribution in [3.8, 4) is 0 Å². The molecule has 0 fully saturated rings. The molecule has 16 heavy (non-hydrogen) atoms. The molecule has 0 radical (unpaired) electrons. The highest BCUT2D eigenvalue weighted by molar-refractivity contribution is 5.75. The first-order valence-corrected chi connectivity index (χ1v) is 4.93. The lowest BCUT2D eigenvalue weighted by Crippen LogP contribution is -2.28. The van der Waals surface area contributed by atoms with Crippen molar-refractivity contribution >= 4 is 18.0 Å². The van der Waals surface area contributed by atoms with E-state index < -0.39 is 12.1 Å². The van der Waals surface area contributed by atoms with Gasteiger partial charge in [0.1, 0.15) is 6.61 Å². The highest BCUT2D eigenvalue weighted by Crippen LogP contribution is 1.99. The number of carboxylic acid groups (broad SMARTS) is 1. The maximum Gasteiger partial charge on any atom is 0.404 e. The molecule has 0 bridgehead atoms. The number of nitrogens with two attached hydrogens (primary N) is 1. The summed E-state index contributed by atoms with van der Waals surface area (Å²) in [6.07, 6.45) is 0.452. The Bertz CT molecular complexity index is 230. The Morgan fingerprint density at radius 3 is 2.38 bits per heavy atom. The van der Waals surface area contributed by atoms with E-state index in [-0.39, 0.29) is 31.9 Å². The number of primary amides is 1. The Kier molecular flexibility index (Phi) is 7.56. The molecule has 0 aliphatic carbocycles. The fourth-order valence-corrected chi connectivity index (χ4v) is 0.992. The van der Waals surface area contributed by atoms with Gasteiger partial charge >= 0.3 is 12.1 Å². The van der Waals surface area contributed by atoms with E-state index in [0.29, 0.717) is 12.8 Å². The summed E-state index contributed by atoms with van der Waals surface area (Å²) in [4.78, 5) is 31.4. The van der Waals surface area contributed by atoms with Gasteiger partial charge in [-0.05, 0) is 12.8 Å². The number of hydrogen-bond donors (Lipinski definition) is 3. The number of amides is 2. The molecule has 0 saturated heterocycles. The molecule has 0 aromatic carbocycles. The van der Waals surface area contributed by atoms with Crippen LogP contribution < -0.4 is 11.1 Å². The highest BCUT2D eigenvalue weighted by Gasteiger charge is 2.02. The zero-order chi connectivity index (χ0) is 12.4. The molecule has 0 rings (SSSR count). The molecular formula is C9H16N2O5. The van der Waals surface area contributed by atoms with E-state index in [2.05, 4.69) is 10.1 Å². The minimum atomic E-state index is -0.879. The molecule has 0 heterocycles. The fourth-order valence-electron chi connectivity index (χ4n) is 0.992. The van der Waals surface area contributed by atoms with Crippen LogP contribution in [0.5, 0.6) is 0 Å². The van der Waals surface area contributed by atoms with Crippen molar-refractivity contribution in [1.82, 2.24) is 5.32 Å². The van der Waals surface area contributed by atoms with Gasteiger partial charge in [-0.2, -0.15) is 0 Å². The summed E-state index contributed by atoms with van der Waals surface area (Å²) < 4.78 is 4.40. The van der Waals surface area contributed by atoms with Crippen molar-refractivity contribution in [2.45, 2.75) is 25.7 Å². The highest BCUT2D eigenvalue weighted by atomic mass is 16.5. The van der Waals surface area contributed by atoms with Crippen LogP contribution in [0.25, 0.3) is 0 Å². The average Bonchev–Trinajstić information content (AvgIpc) is 2.19. The molecule has 7 heteroatoms. The lowest BCUT2D eigenvalue weighted by Gasteiger charge is -2.04. The first-order valence-electron chi connectivity index (χ1n) is 4.93. The minimum absolute atomic E-state index is 0.0379. The molecule has 0 aromatic heterocycles. The number of hydrogen-bond acceptors (Lipinski definition) is 4. The van der Waals surface area contributed by atoms with Gasteiger partial charge in [0, 0.05) is 12.8 Å². The summed E-state index contributed by atoms with van der Waals surface area (Å²) in [5.41, 5.74) is 4.71. The van der Waals surface area contributed by atoms with E-state index in [9.17, 15) is 14.4 Å². The van der Waals surface area contributed by atoms with E-state index in [1.54, 1.807) is 0 Å².